The number of hydrogen-bond donors (Lipinski definition) is 1. The van der Waals surface area contributed by atoms with Gasteiger partial charge in [-0.1, -0.05) is 0 Å². The van der Waals surface area contributed by atoms with Gasteiger partial charge in [-0.3, -0.25) is 4.99 Å². The highest BCUT2D eigenvalue weighted by Gasteiger charge is 2.06. The van der Waals surface area contributed by atoms with Crippen LogP contribution >= 0.6 is 0 Å². The quantitative estimate of drug-likeness (QED) is 0.730. The van der Waals surface area contributed by atoms with Gasteiger partial charge in [0.2, 0.25) is 0 Å². The Hall–Kier alpha value is -3.28. The zero-order chi connectivity index (χ0) is 17.1. The molecule has 1 heterocycles. The maximum absolute atomic E-state index is 13.6. The van der Waals surface area contributed by atoms with Crippen LogP contribution in [0.3, 0.4) is 0 Å². The maximum Gasteiger partial charge on any atom is 0.335 e. The molecule has 3 rings (SSSR count). The van der Waals surface area contributed by atoms with E-state index in [-0.39, 0.29) is 11.3 Å². The van der Waals surface area contributed by atoms with Crippen LogP contribution in [0.5, 0.6) is 0 Å². The number of carboxylic acids is 1. The van der Waals surface area contributed by atoms with E-state index in [4.69, 9.17) is 5.11 Å². The van der Waals surface area contributed by atoms with Crippen molar-refractivity contribution < 1.29 is 18.7 Å². The van der Waals surface area contributed by atoms with Gasteiger partial charge in [-0.2, -0.15) is 0 Å². The Morgan fingerprint density at radius 2 is 1.83 bits per heavy atom. The van der Waals surface area contributed by atoms with Crippen LogP contribution < -0.4 is 0 Å². The minimum Gasteiger partial charge on any atom is -0.478 e. The van der Waals surface area contributed by atoms with Crippen LogP contribution in [-0.2, 0) is 0 Å². The number of benzene rings is 2. The summed E-state index contributed by atoms with van der Waals surface area (Å²) in [6, 6.07) is 13.1. The van der Waals surface area contributed by atoms with Crippen molar-refractivity contribution in [1.82, 2.24) is 4.57 Å². The number of rotatable bonds is 4. The number of halogens is 2. The Morgan fingerprint density at radius 3 is 2.50 bits per heavy atom. The molecule has 6 heteroatoms. The van der Waals surface area contributed by atoms with Gasteiger partial charge in [0.05, 0.1) is 23.2 Å². The molecule has 0 aliphatic heterocycles. The van der Waals surface area contributed by atoms with Gasteiger partial charge in [-0.25, -0.2) is 13.6 Å². The molecule has 0 amide bonds. The number of nitrogens with zero attached hydrogens (tertiary/aromatic N) is 2. The molecule has 4 nitrogen and oxygen atoms in total. The molecule has 0 aliphatic carbocycles. The summed E-state index contributed by atoms with van der Waals surface area (Å²) in [7, 11) is 0. The number of carbonyl (C=O) groups is 1. The summed E-state index contributed by atoms with van der Waals surface area (Å²) in [5, 5.41) is 8.93. The van der Waals surface area contributed by atoms with Gasteiger partial charge in [-0.05, 0) is 48.5 Å². The van der Waals surface area contributed by atoms with Crippen LogP contribution in [0, 0.1) is 11.6 Å². The summed E-state index contributed by atoms with van der Waals surface area (Å²) in [5.74, 6) is -2.40. The van der Waals surface area contributed by atoms with Crippen molar-refractivity contribution in [2.45, 2.75) is 0 Å². The highest BCUT2D eigenvalue weighted by molar-refractivity contribution is 5.88. The second kappa shape index (κ2) is 6.45. The molecule has 2 aromatic carbocycles. The molecular weight excluding hydrogens is 314 g/mol. The predicted molar refractivity (Wildman–Crippen MR) is 86.3 cm³/mol. The third-order valence-electron chi connectivity index (χ3n) is 3.42. The van der Waals surface area contributed by atoms with Crippen LogP contribution in [0.1, 0.15) is 16.1 Å². The lowest BCUT2D eigenvalue weighted by atomic mass is 10.2. The lowest BCUT2D eigenvalue weighted by Crippen LogP contribution is -2.00. The smallest absolute Gasteiger partial charge is 0.335 e. The van der Waals surface area contributed by atoms with Crippen molar-refractivity contribution in [2.75, 3.05) is 0 Å². The van der Waals surface area contributed by atoms with E-state index in [0.29, 0.717) is 5.69 Å². The number of carboxylic acid groups (broad SMARTS) is 1. The van der Waals surface area contributed by atoms with Gasteiger partial charge >= 0.3 is 5.97 Å². The van der Waals surface area contributed by atoms with Crippen LogP contribution in [0.15, 0.2) is 65.8 Å². The molecule has 0 saturated heterocycles. The Labute approximate surface area is 136 Å². The fourth-order valence-corrected chi connectivity index (χ4v) is 2.22. The van der Waals surface area contributed by atoms with Gasteiger partial charge in [0, 0.05) is 18.0 Å². The Kier molecular flexibility index (Phi) is 4.20. The minimum absolute atomic E-state index is 0.0328. The van der Waals surface area contributed by atoms with Crippen molar-refractivity contribution in [1.29, 1.82) is 0 Å². The second-order valence-corrected chi connectivity index (χ2v) is 5.01. The first-order valence-corrected chi connectivity index (χ1v) is 7.05. The van der Waals surface area contributed by atoms with E-state index in [1.54, 1.807) is 35.0 Å². The molecule has 24 heavy (non-hydrogen) atoms. The molecule has 0 unspecified atom stereocenters. The molecule has 0 bridgehead atoms. The van der Waals surface area contributed by atoms with E-state index in [1.165, 1.54) is 24.4 Å². The monoisotopic (exact) mass is 326 g/mol. The number of aromatic nitrogens is 1. The summed E-state index contributed by atoms with van der Waals surface area (Å²) in [6.45, 7) is 0. The Bertz CT molecular complexity index is 915. The molecule has 0 aliphatic rings. The van der Waals surface area contributed by atoms with Crippen LogP contribution in [-0.4, -0.2) is 21.9 Å². The lowest BCUT2D eigenvalue weighted by molar-refractivity contribution is 0.0697. The largest absolute Gasteiger partial charge is 0.478 e. The first kappa shape index (κ1) is 15.6. The number of aliphatic imine (C=N–C) groups is 1. The first-order chi connectivity index (χ1) is 11.5. The number of hydrogen-bond acceptors (Lipinski definition) is 2. The minimum atomic E-state index is -0.998. The van der Waals surface area contributed by atoms with Gasteiger partial charge < -0.3 is 9.67 Å². The molecular formula is C18H12F2N2O2. The number of aromatic carboxylic acids is 1. The van der Waals surface area contributed by atoms with Crippen molar-refractivity contribution in [3.63, 3.8) is 0 Å². The molecule has 0 radical (unpaired) electrons. The maximum atomic E-state index is 13.6. The van der Waals surface area contributed by atoms with Crippen molar-refractivity contribution in [3.05, 3.63) is 83.7 Å². The van der Waals surface area contributed by atoms with Crippen molar-refractivity contribution in [2.24, 2.45) is 4.99 Å². The van der Waals surface area contributed by atoms with E-state index in [0.717, 1.165) is 17.8 Å². The van der Waals surface area contributed by atoms with E-state index in [2.05, 4.69) is 4.99 Å². The summed E-state index contributed by atoms with van der Waals surface area (Å²) in [6.07, 6.45) is 3.24. The van der Waals surface area contributed by atoms with Gasteiger partial charge in [0.25, 0.3) is 0 Å². The molecule has 0 saturated carbocycles. The summed E-state index contributed by atoms with van der Waals surface area (Å²) in [4.78, 5) is 14.9. The molecule has 120 valence electrons. The highest BCUT2D eigenvalue weighted by Crippen LogP contribution is 2.19. The summed E-state index contributed by atoms with van der Waals surface area (Å²) >= 11 is 0. The average Bonchev–Trinajstić information content (AvgIpc) is 3.02. The highest BCUT2D eigenvalue weighted by atomic mass is 19.1. The topological polar surface area (TPSA) is 54.6 Å². The third kappa shape index (κ3) is 3.22. The predicted octanol–water partition coefficient (Wildman–Crippen LogP) is 4.20. The Morgan fingerprint density at radius 1 is 1.08 bits per heavy atom. The van der Waals surface area contributed by atoms with Crippen LogP contribution in [0.4, 0.5) is 14.5 Å². The third-order valence-corrected chi connectivity index (χ3v) is 3.42. The molecule has 0 atom stereocenters. The van der Waals surface area contributed by atoms with E-state index < -0.39 is 17.6 Å². The van der Waals surface area contributed by atoms with Crippen molar-refractivity contribution in [3.8, 4) is 5.69 Å². The van der Waals surface area contributed by atoms with Gasteiger partial charge in [-0.15, -0.1) is 0 Å². The summed E-state index contributed by atoms with van der Waals surface area (Å²) in [5.41, 5.74) is 1.63. The molecule has 1 aromatic heterocycles. The zero-order valence-electron chi connectivity index (χ0n) is 12.4. The first-order valence-electron chi connectivity index (χ1n) is 7.05. The van der Waals surface area contributed by atoms with E-state index in [1.807, 2.05) is 0 Å². The van der Waals surface area contributed by atoms with Gasteiger partial charge in [0.1, 0.15) is 5.82 Å². The second-order valence-electron chi connectivity index (χ2n) is 5.01. The standard InChI is InChI=1S/C18H12F2N2O2/c19-13-5-8-17(16(20)10-13)21-11-15-2-1-9-22(15)14-6-3-12(4-7-14)18(23)24/h1-11H,(H,23,24). The fraction of sp³-hybridized carbons (Fsp3) is 0. The molecule has 0 fully saturated rings. The normalized spacial score (nSPS) is 11.1. The molecule has 0 spiro atoms. The lowest BCUT2D eigenvalue weighted by Gasteiger charge is -2.06. The summed E-state index contributed by atoms with van der Waals surface area (Å²) < 4.78 is 28.3. The van der Waals surface area contributed by atoms with Gasteiger partial charge in [0.15, 0.2) is 5.82 Å². The fourth-order valence-electron chi connectivity index (χ4n) is 2.22. The van der Waals surface area contributed by atoms with Crippen LogP contribution in [0.2, 0.25) is 0 Å². The molecule has 3 aromatic rings. The zero-order valence-corrected chi connectivity index (χ0v) is 12.4. The van der Waals surface area contributed by atoms with Crippen molar-refractivity contribution >= 4 is 17.9 Å². The van der Waals surface area contributed by atoms with Crippen LogP contribution in [0.25, 0.3) is 5.69 Å². The Balaban J connectivity index is 1.90. The SMILES string of the molecule is O=C(O)c1ccc(-n2cccc2C=Nc2ccc(F)cc2F)cc1. The molecule has 1 N–H and O–H groups in total. The van der Waals surface area contributed by atoms with E-state index in [9.17, 15) is 13.6 Å². The van der Waals surface area contributed by atoms with E-state index >= 15 is 0 Å². The average molecular weight is 326 g/mol.